The molecule has 1 N–H and O–H groups in total. The summed E-state index contributed by atoms with van der Waals surface area (Å²) in [5, 5.41) is 13.1. The Balaban J connectivity index is 1.24. The van der Waals surface area contributed by atoms with E-state index >= 15 is 0 Å². The molecular formula is C32H40N8O4. The highest BCUT2D eigenvalue weighted by molar-refractivity contribution is 5.68. The summed E-state index contributed by atoms with van der Waals surface area (Å²) in [7, 11) is 3.74. The molecule has 232 valence electrons. The molecule has 12 heteroatoms. The maximum atomic E-state index is 12.4. The zero-order valence-electron chi connectivity index (χ0n) is 26.0. The van der Waals surface area contributed by atoms with Crippen molar-refractivity contribution in [1.82, 2.24) is 24.8 Å². The van der Waals surface area contributed by atoms with E-state index in [1.165, 1.54) is 0 Å². The number of nitriles is 1. The van der Waals surface area contributed by atoms with E-state index in [1.54, 1.807) is 36.4 Å². The Kier molecular flexibility index (Phi) is 9.35. The highest BCUT2D eigenvalue weighted by atomic mass is 16.6. The van der Waals surface area contributed by atoms with Gasteiger partial charge in [-0.2, -0.15) is 10.2 Å². The number of amides is 1. The van der Waals surface area contributed by atoms with Gasteiger partial charge in [0.25, 0.3) is 0 Å². The monoisotopic (exact) mass is 600 g/mol. The van der Waals surface area contributed by atoms with Gasteiger partial charge in [-0.1, -0.05) is 0 Å². The number of carbonyl (C=O) groups is 1. The second kappa shape index (κ2) is 13.3. The van der Waals surface area contributed by atoms with Crippen LogP contribution in [-0.2, 0) is 4.74 Å². The smallest absolute Gasteiger partial charge is 0.410 e. The zero-order chi connectivity index (χ0) is 31.3. The molecule has 1 aromatic carbocycles. The number of likely N-dealkylation sites (N-methyl/N-ethyl adjacent to an activating group) is 1. The molecule has 5 rings (SSSR count). The van der Waals surface area contributed by atoms with Crippen molar-refractivity contribution < 1.29 is 19.0 Å². The fourth-order valence-corrected chi connectivity index (χ4v) is 5.18. The van der Waals surface area contributed by atoms with Crippen molar-refractivity contribution in [3.8, 4) is 29.0 Å². The van der Waals surface area contributed by atoms with Crippen LogP contribution in [0, 0.1) is 11.3 Å². The first-order valence-corrected chi connectivity index (χ1v) is 14.9. The number of aromatic nitrogens is 3. The Morgan fingerprint density at radius 3 is 2.45 bits per heavy atom. The number of carbonyl (C=O) groups excluding carboxylic acids is 1. The summed E-state index contributed by atoms with van der Waals surface area (Å²) in [4.78, 5) is 32.3. The molecule has 1 amide bonds. The van der Waals surface area contributed by atoms with Gasteiger partial charge in [0.15, 0.2) is 0 Å². The van der Waals surface area contributed by atoms with E-state index in [0.717, 1.165) is 37.4 Å². The number of piperazine rings is 1. The summed E-state index contributed by atoms with van der Waals surface area (Å²) >= 11 is 0. The lowest BCUT2D eigenvalue weighted by Crippen LogP contribution is -2.44. The molecule has 0 saturated carbocycles. The minimum Gasteiger partial charge on any atom is -0.489 e. The lowest BCUT2D eigenvalue weighted by Gasteiger charge is -2.34. The molecule has 0 radical (unpaired) electrons. The van der Waals surface area contributed by atoms with Gasteiger partial charge in [0.05, 0.1) is 18.4 Å². The first-order chi connectivity index (χ1) is 21.1. The van der Waals surface area contributed by atoms with Crippen LogP contribution in [0.4, 0.5) is 22.2 Å². The van der Waals surface area contributed by atoms with Crippen molar-refractivity contribution in [3.05, 3.63) is 48.2 Å². The number of pyridine rings is 1. The Hall–Kier alpha value is -4.63. The minimum atomic E-state index is -0.533. The van der Waals surface area contributed by atoms with Crippen LogP contribution >= 0.6 is 0 Å². The van der Waals surface area contributed by atoms with Crippen molar-refractivity contribution in [2.75, 3.05) is 63.6 Å². The molecule has 0 aliphatic carbocycles. The highest BCUT2D eigenvalue weighted by Gasteiger charge is 2.28. The predicted octanol–water partition coefficient (Wildman–Crippen LogP) is 4.69. The molecular weight excluding hydrogens is 560 g/mol. The van der Waals surface area contributed by atoms with Gasteiger partial charge in [-0.15, -0.1) is 0 Å². The third-order valence-electron chi connectivity index (χ3n) is 7.56. The number of rotatable bonds is 7. The summed E-state index contributed by atoms with van der Waals surface area (Å²) in [5.74, 6) is 1.99. The largest absolute Gasteiger partial charge is 0.489 e. The molecule has 2 aliphatic heterocycles. The van der Waals surface area contributed by atoms with Crippen LogP contribution in [0.1, 0.15) is 39.2 Å². The fourth-order valence-electron chi connectivity index (χ4n) is 5.18. The van der Waals surface area contributed by atoms with Gasteiger partial charge in [-0.25, -0.2) is 14.8 Å². The van der Waals surface area contributed by atoms with Crippen molar-refractivity contribution in [2.24, 2.45) is 0 Å². The average Bonchev–Trinajstić information content (AvgIpc) is 3.01. The molecule has 4 heterocycles. The Labute approximate surface area is 258 Å². The summed E-state index contributed by atoms with van der Waals surface area (Å²) in [6.45, 7) is 10.4. The lowest BCUT2D eigenvalue weighted by atomic mass is 10.1. The number of methoxy groups -OCH3 is 1. The van der Waals surface area contributed by atoms with Crippen molar-refractivity contribution in [1.29, 1.82) is 5.26 Å². The van der Waals surface area contributed by atoms with Gasteiger partial charge < -0.3 is 34.2 Å². The fraction of sp³-hybridized carbons (Fsp3) is 0.469. The summed E-state index contributed by atoms with van der Waals surface area (Å²) in [6, 6.07) is 13.4. The number of piperidine rings is 1. The molecule has 2 aromatic heterocycles. The van der Waals surface area contributed by atoms with Crippen LogP contribution in [0.3, 0.4) is 0 Å². The molecule has 2 saturated heterocycles. The molecule has 3 aromatic rings. The highest BCUT2D eigenvalue weighted by Crippen LogP contribution is 2.31. The normalized spacial score (nSPS) is 16.3. The summed E-state index contributed by atoms with van der Waals surface area (Å²) < 4.78 is 17.3. The van der Waals surface area contributed by atoms with E-state index < -0.39 is 5.60 Å². The first kappa shape index (κ1) is 30.8. The zero-order valence-corrected chi connectivity index (χ0v) is 26.0. The van der Waals surface area contributed by atoms with Crippen LogP contribution in [0.25, 0.3) is 11.3 Å². The first-order valence-electron chi connectivity index (χ1n) is 14.9. The topological polar surface area (TPSA) is 129 Å². The second-order valence-corrected chi connectivity index (χ2v) is 12.0. The number of nitrogens with one attached hydrogen (secondary N) is 1. The van der Waals surface area contributed by atoms with Crippen molar-refractivity contribution in [2.45, 2.75) is 45.3 Å². The van der Waals surface area contributed by atoms with Crippen LogP contribution in [-0.4, -0.2) is 96.0 Å². The average molecular weight is 601 g/mol. The number of likely N-dealkylation sites (tertiary alicyclic amines) is 1. The minimum absolute atomic E-state index is 0.103. The van der Waals surface area contributed by atoms with Crippen LogP contribution in [0.2, 0.25) is 0 Å². The number of nitrogens with zero attached hydrogens (tertiary/aromatic N) is 7. The van der Waals surface area contributed by atoms with Crippen molar-refractivity contribution >= 4 is 23.5 Å². The van der Waals surface area contributed by atoms with Gasteiger partial charge in [0.1, 0.15) is 35.0 Å². The van der Waals surface area contributed by atoms with Gasteiger partial charge in [-0.05, 0) is 64.2 Å². The maximum absolute atomic E-state index is 12.4. The van der Waals surface area contributed by atoms with Gasteiger partial charge >= 0.3 is 6.09 Å². The molecule has 0 bridgehead atoms. The molecule has 44 heavy (non-hydrogen) atoms. The standard InChI is InChI=1S/C32H40N8O4/c1-32(2,3)44-31(41)40-14-11-24(12-15-40)43-27-8-6-22(20-23(27)21-33)25-10-13-34-30(35-25)37-28-9-7-26(29(36-28)42-5)39-18-16-38(4)17-19-39/h6-10,13,20,24H,11-12,14-19H2,1-5H3,(H,34,35,36,37). The van der Waals surface area contributed by atoms with Crippen LogP contribution in [0.5, 0.6) is 11.6 Å². The summed E-state index contributed by atoms with van der Waals surface area (Å²) in [5.41, 5.74) is 2.25. The van der Waals surface area contributed by atoms with Crippen LogP contribution < -0.4 is 19.7 Å². The summed E-state index contributed by atoms with van der Waals surface area (Å²) in [6.07, 6.45) is 2.56. The quantitative estimate of drug-likeness (QED) is 0.405. The van der Waals surface area contributed by atoms with Crippen LogP contribution in [0.15, 0.2) is 42.6 Å². The Morgan fingerprint density at radius 1 is 1.02 bits per heavy atom. The van der Waals surface area contributed by atoms with E-state index in [4.69, 9.17) is 14.2 Å². The number of hydrogen-bond acceptors (Lipinski definition) is 11. The number of benzene rings is 1. The molecule has 0 unspecified atom stereocenters. The molecule has 0 atom stereocenters. The van der Waals surface area contributed by atoms with E-state index in [9.17, 15) is 10.1 Å². The lowest BCUT2D eigenvalue weighted by molar-refractivity contribution is 0.0126. The third kappa shape index (κ3) is 7.65. The third-order valence-corrected chi connectivity index (χ3v) is 7.56. The van der Waals surface area contributed by atoms with Gasteiger partial charge in [0.2, 0.25) is 11.8 Å². The maximum Gasteiger partial charge on any atom is 0.410 e. The van der Waals surface area contributed by atoms with E-state index in [2.05, 4.69) is 43.2 Å². The molecule has 2 fully saturated rings. The Bertz CT molecular complexity index is 1500. The van der Waals surface area contributed by atoms with Gasteiger partial charge in [0, 0.05) is 63.9 Å². The Morgan fingerprint density at radius 2 is 1.77 bits per heavy atom. The molecule has 2 aliphatic rings. The van der Waals surface area contributed by atoms with Gasteiger partial charge in [-0.3, -0.25) is 0 Å². The van der Waals surface area contributed by atoms with E-state index in [0.29, 0.717) is 60.6 Å². The molecule has 12 nitrogen and oxygen atoms in total. The number of ether oxygens (including phenoxy) is 3. The van der Waals surface area contributed by atoms with E-state index in [-0.39, 0.29) is 12.2 Å². The van der Waals surface area contributed by atoms with E-state index in [1.807, 2.05) is 39.0 Å². The second-order valence-electron chi connectivity index (χ2n) is 12.0. The molecule has 0 spiro atoms. The number of hydrogen-bond donors (Lipinski definition) is 1. The number of anilines is 3. The predicted molar refractivity (Wildman–Crippen MR) is 167 cm³/mol. The van der Waals surface area contributed by atoms with Crippen molar-refractivity contribution in [3.63, 3.8) is 0 Å². The SMILES string of the molecule is COc1nc(Nc2nccc(-c3ccc(OC4CCN(C(=O)OC(C)(C)C)CC4)c(C#N)c3)n2)ccc1N1CCN(C)CC1.